The number of carboxylic acid groups (broad SMARTS) is 1. The summed E-state index contributed by atoms with van der Waals surface area (Å²) in [6, 6.07) is 3.58. The Bertz CT molecular complexity index is 711. The van der Waals surface area contributed by atoms with Gasteiger partial charge in [0.2, 0.25) is 0 Å². The third-order valence-corrected chi connectivity index (χ3v) is 5.01. The minimum atomic E-state index is -1.77. The van der Waals surface area contributed by atoms with E-state index >= 15 is 0 Å². The lowest BCUT2D eigenvalue weighted by atomic mass is 9.78. The van der Waals surface area contributed by atoms with Crippen LogP contribution in [0.25, 0.3) is 0 Å². The third kappa shape index (κ3) is 5.07. The summed E-state index contributed by atoms with van der Waals surface area (Å²) in [6.45, 7) is 11.8. The van der Waals surface area contributed by atoms with Crippen LogP contribution in [0.2, 0.25) is 0 Å². The van der Waals surface area contributed by atoms with Crippen molar-refractivity contribution in [2.45, 2.75) is 89.7 Å². The number of rotatable bonds is 4. The summed E-state index contributed by atoms with van der Waals surface area (Å²) in [5.41, 5.74) is 1.48. The van der Waals surface area contributed by atoms with Gasteiger partial charge in [-0.3, -0.25) is 0 Å². The summed E-state index contributed by atoms with van der Waals surface area (Å²) in [5, 5.41) is 49.7. The molecule has 1 aromatic rings. The molecule has 0 spiro atoms. The van der Waals surface area contributed by atoms with Crippen LogP contribution < -0.4 is 0 Å². The summed E-state index contributed by atoms with van der Waals surface area (Å²) in [6.07, 6.45) is -8.24. The van der Waals surface area contributed by atoms with E-state index in [0.29, 0.717) is 5.56 Å². The van der Waals surface area contributed by atoms with Gasteiger partial charge in [-0.1, -0.05) is 41.5 Å². The number of carbonyl (C=O) groups is 1. The molecule has 8 nitrogen and oxygen atoms in total. The first-order valence-electron chi connectivity index (χ1n) is 9.55. The number of aliphatic hydroxyl groups excluding tert-OH is 3. The van der Waals surface area contributed by atoms with Gasteiger partial charge in [-0.25, -0.2) is 4.79 Å². The number of aromatic hydroxyl groups is 1. The Balaban J connectivity index is 2.31. The van der Waals surface area contributed by atoms with Crippen LogP contribution in [0.3, 0.4) is 0 Å². The van der Waals surface area contributed by atoms with Gasteiger partial charge in [0.1, 0.15) is 24.1 Å². The number of phenols is 1. The highest BCUT2D eigenvalue weighted by atomic mass is 16.7. The fourth-order valence-electron chi connectivity index (χ4n) is 3.29. The lowest BCUT2D eigenvalue weighted by Gasteiger charge is -2.38. The summed E-state index contributed by atoms with van der Waals surface area (Å²) in [7, 11) is 0. The van der Waals surface area contributed by atoms with Crippen LogP contribution >= 0.6 is 0 Å². The molecule has 8 heteroatoms. The van der Waals surface area contributed by atoms with E-state index in [9.17, 15) is 25.2 Å². The molecular weight excluding hydrogens is 380 g/mol. The van der Waals surface area contributed by atoms with Crippen molar-refractivity contribution in [1.29, 1.82) is 0 Å². The first kappa shape index (κ1) is 23.6. The van der Waals surface area contributed by atoms with Crippen LogP contribution in [0.15, 0.2) is 12.1 Å². The van der Waals surface area contributed by atoms with Crippen molar-refractivity contribution in [2.24, 2.45) is 0 Å². The molecule has 0 radical (unpaired) electrons. The summed E-state index contributed by atoms with van der Waals surface area (Å²) in [4.78, 5) is 11.2. The molecule has 1 aromatic carbocycles. The topological polar surface area (TPSA) is 137 Å². The van der Waals surface area contributed by atoms with E-state index in [4.69, 9.17) is 14.6 Å². The van der Waals surface area contributed by atoms with E-state index in [-0.39, 0.29) is 23.2 Å². The Hall–Kier alpha value is -1.71. The van der Waals surface area contributed by atoms with Crippen LogP contribution in [0.4, 0.5) is 0 Å². The van der Waals surface area contributed by atoms with Crippen molar-refractivity contribution >= 4 is 5.97 Å². The largest absolute Gasteiger partial charge is 0.507 e. The molecule has 2 rings (SSSR count). The number of hydrogen-bond donors (Lipinski definition) is 5. The van der Waals surface area contributed by atoms with Crippen molar-refractivity contribution in [1.82, 2.24) is 0 Å². The van der Waals surface area contributed by atoms with Gasteiger partial charge in [0.05, 0.1) is 6.61 Å². The number of carboxylic acids is 1. The van der Waals surface area contributed by atoms with Gasteiger partial charge in [-0.05, 0) is 39.7 Å². The second-order valence-electron chi connectivity index (χ2n) is 9.59. The maximum Gasteiger partial charge on any atom is 0.335 e. The Labute approximate surface area is 170 Å². The molecule has 1 heterocycles. The molecule has 0 aliphatic carbocycles. The predicted molar refractivity (Wildman–Crippen MR) is 105 cm³/mol. The van der Waals surface area contributed by atoms with E-state index in [1.54, 1.807) is 12.1 Å². The van der Waals surface area contributed by atoms with E-state index in [0.717, 1.165) is 11.1 Å². The van der Waals surface area contributed by atoms with Crippen molar-refractivity contribution in [3.8, 4) is 5.75 Å². The van der Waals surface area contributed by atoms with Crippen molar-refractivity contribution in [3.63, 3.8) is 0 Å². The number of phenolic OH excluding ortho intramolecular Hbond substituents is 1. The highest BCUT2D eigenvalue weighted by Gasteiger charge is 2.47. The van der Waals surface area contributed by atoms with Crippen LogP contribution in [0.5, 0.6) is 5.75 Å². The van der Waals surface area contributed by atoms with E-state index in [2.05, 4.69) is 0 Å². The molecule has 0 aromatic heterocycles. The zero-order valence-electron chi connectivity index (χ0n) is 17.7. The SMILES string of the molecule is CC(C)(C)c1cc(CO[C@@H]2O[C@H](C(=O)O)[C@@H](O)[C@H](O)[C@H]2O)cc(C(C)(C)C)c1O. The van der Waals surface area contributed by atoms with Gasteiger partial charge >= 0.3 is 5.97 Å². The molecule has 5 atom stereocenters. The van der Waals surface area contributed by atoms with Crippen LogP contribution in [-0.4, -0.2) is 62.2 Å². The highest BCUT2D eigenvalue weighted by molar-refractivity contribution is 5.73. The third-order valence-electron chi connectivity index (χ3n) is 5.01. The van der Waals surface area contributed by atoms with Crippen LogP contribution in [0, 0.1) is 0 Å². The van der Waals surface area contributed by atoms with E-state index in [1.165, 1.54) is 0 Å². The maximum atomic E-state index is 11.2. The Morgan fingerprint density at radius 1 is 0.966 bits per heavy atom. The molecular formula is C21H32O8. The number of aliphatic hydroxyl groups is 3. The van der Waals surface area contributed by atoms with Crippen molar-refractivity contribution in [3.05, 3.63) is 28.8 Å². The van der Waals surface area contributed by atoms with Gasteiger partial charge in [0.25, 0.3) is 0 Å². The molecule has 0 bridgehead atoms. The monoisotopic (exact) mass is 412 g/mol. The zero-order chi connectivity index (χ0) is 22.3. The summed E-state index contributed by atoms with van der Waals surface area (Å²) >= 11 is 0. The number of hydrogen-bond acceptors (Lipinski definition) is 7. The number of aliphatic carboxylic acids is 1. The van der Waals surface area contributed by atoms with Gasteiger partial charge in [0.15, 0.2) is 12.4 Å². The van der Waals surface area contributed by atoms with Crippen LogP contribution in [0.1, 0.15) is 58.2 Å². The minimum Gasteiger partial charge on any atom is -0.507 e. The van der Waals surface area contributed by atoms with Gasteiger partial charge in [0, 0.05) is 0 Å². The molecule has 0 amide bonds. The Kier molecular flexibility index (Phi) is 6.66. The number of ether oxygens (including phenoxy) is 2. The summed E-state index contributed by atoms with van der Waals surface area (Å²) in [5.74, 6) is -1.25. The lowest BCUT2D eigenvalue weighted by molar-refractivity contribution is -0.297. The second kappa shape index (κ2) is 8.20. The fraction of sp³-hybridized carbons (Fsp3) is 0.667. The smallest absolute Gasteiger partial charge is 0.335 e. The average Bonchev–Trinajstić information content (AvgIpc) is 2.57. The lowest BCUT2D eigenvalue weighted by Crippen LogP contribution is -2.60. The maximum absolute atomic E-state index is 11.2. The first-order chi connectivity index (χ1) is 13.1. The zero-order valence-corrected chi connectivity index (χ0v) is 17.7. The van der Waals surface area contributed by atoms with Crippen molar-refractivity contribution in [2.75, 3.05) is 0 Å². The highest BCUT2D eigenvalue weighted by Crippen LogP contribution is 2.40. The average molecular weight is 412 g/mol. The summed E-state index contributed by atoms with van der Waals surface area (Å²) < 4.78 is 10.7. The molecule has 0 saturated carbocycles. The molecule has 1 aliphatic heterocycles. The normalized spacial score (nSPS) is 28.4. The molecule has 5 N–H and O–H groups in total. The van der Waals surface area contributed by atoms with Crippen molar-refractivity contribution < 1.29 is 39.8 Å². The quantitative estimate of drug-likeness (QED) is 0.500. The molecule has 1 fully saturated rings. The van der Waals surface area contributed by atoms with Gasteiger partial charge in [-0.2, -0.15) is 0 Å². The Morgan fingerprint density at radius 3 is 1.86 bits per heavy atom. The van der Waals surface area contributed by atoms with Gasteiger partial charge in [-0.15, -0.1) is 0 Å². The van der Waals surface area contributed by atoms with Crippen LogP contribution in [-0.2, 0) is 31.7 Å². The van der Waals surface area contributed by atoms with Gasteiger partial charge < -0.3 is 35.0 Å². The molecule has 29 heavy (non-hydrogen) atoms. The molecule has 1 aliphatic rings. The molecule has 164 valence electrons. The first-order valence-corrected chi connectivity index (χ1v) is 9.55. The van der Waals surface area contributed by atoms with E-state index < -0.39 is 36.7 Å². The number of benzene rings is 1. The second-order valence-corrected chi connectivity index (χ2v) is 9.59. The standard InChI is InChI=1S/C21H32O8/c1-20(2,3)11-7-10(8-12(13(11)22)21(4,5)6)9-28-19-16(25)14(23)15(24)17(29-19)18(26)27/h7-8,14-17,19,22-25H,9H2,1-6H3,(H,26,27)/t14-,15-,16+,17-,19+/m0/s1. The molecule has 0 unspecified atom stereocenters. The minimum absolute atomic E-state index is 0.0523. The van der Waals surface area contributed by atoms with E-state index in [1.807, 2.05) is 41.5 Å². The predicted octanol–water partition coefficient (Wildman–Crippen LogP) is 1.40. The Morgan fingerprint density at radius 2 is 1.45 bits per heavy atom. The molecule has 1 saturated heterocycles. The fourth-order valence-corrected chi connectivity index (χ4v) is 3.29.